The van der Waals surface area contributed by atoms with Gasteiger partial charge in [0.25, 0.3) is 5.91 Å². The smallest absolute Gasteiger partial charge is 0.252 e. The average Bonchev–Trinajstić information content (AvgIpc) is 2.51. The molecule has 0 heterocycles. The van der Waals surface area contributed by atoms with Crippen LogP contribution in [0.25, 0.3) is 0 Å². The first kappa shape index (κ1) is 15.9. The number of aryl methyl sites for hydroxylation is 1. The van der Waals surface area contributed by atoms with Crippen molar-refractivity contribution in [3.63, 3.8) is 0 Å². The van der Waals surface area contributed by atoms with E-state index in [2.05, 4.69) is 6.07 Å². The summed E-state index contributed by atoms with van der Waals surface area (Å²) < 4.78 is 5.57. The van der Waals surface area contributed by atoms with Crippen LogP contribution in [0.15, 0.2) is 42.5 Å². The summed E-state index contributed by atoms with van der Waals surface area (Å²) in [6.07, 6.45) is 1.70. The largest absolute Gasteiger partial charge is 0.507 e. The van der Waals surface area contributed by atoms with Gasteiger partial charge in [0.05, 0.1) is 12.2 Å². The van der Waals surface area contributed by atoms with Crippen molar-refractivity contribution in [2.24, 2.45) is 11.5 Å². The van der Waals surface area contributed by atoms with Crippen LogP contribution in [-0.4, -0.2) is 17.6 Å². The molecule has 5 N–H and O–H groups in total. The Bertz CT molecular complexity index is 656. The third kappa shape index (κ3) is 3.99. The van der Waals surface area contributed by atoms with Gasteiger partial charge in [-0.05, 0) is 36.1 Å². The molecule has 0 fully saturated rings. The monoisotopic (exact) mass is 300 g/mol. The molecule has 0 aliphatic rings. The molecule has 2 aromatic carbocycles. The van der Waals surface area contributed by atoms with E-state index < -0.39 is 5.91 Å². The zero-order chi connectivity index (χ0) is 15.9. The summed E-state index contributed by atoms with van der Waals surface area (Å²) in [6, 6.07) is 12.5. The van der Waals surface area contributed by atoms with Crippen molar-refractivity contribution in [1.82, 2.24) is 0 Å². The number of hydrogen-bond acceptors (Lipinski definition) is 4. The van der Waals surface area contributed by atoms with Gasteiger partial charge >= 0.3 is 0 Å². The number of primary amides is 1. The topological polar surface area (TPSA) is 98.6 Å². The maximum absolute atomic E-state index is 11.0. The molecule has 0 aliphatic heterocycles. The Morgan fingerprint density at radius 2 is 1.86 bits per heavy atom. The van der Waals surface area contributed by atoms with Crippen LogP contribution >= 0.6 is 0 Å². The molecule has 0 spiro atoms. The predicted molar refractivity (Wildman–Crippen MR) is 84.8 cm³/mol. The second-order valence-electron chi connectivity index (χ2n) is 4.97. The molecule has 0 aliphatic carbocycles. The maximum atomic E-state index is 11.0. The van der Waals surface area contributed by atoms with Gasteiger partial charge < -0.3 is 21.3 Å². The SMILES string of the molecule is NCc1ccccc1CCCOc1ccc(C(N)=O)c(O)c1. The van der Waals surface area contributed by atoms with Crippen molar-refractivity contribution < 1.29 is 14.6 Å². The van der Waals surface area contributed by atoms with Crippen molar-refractivity contribution in [2.45, 2.75) is 19.4 Å². The highest BCUT2D eigenvalue weighted by Crippen LogP contribution is 2.23. The van der Waals surface area contributed by atoms with E-state index in [1.807, 2.05) is 18.2 Å². The lowest BCUT2D eigenvalue weighted by atomic mass is 10.0. The fourth-order valence-electron chi connectivity index (χ4n) is 2.26. The van der Waals surface area contributed by atoms with E-state index in [0.717, 1.165) is 18.4 Å². The molecule has 1 amide bonds. The van der Waals surface area contributed by atoms with Gasteiger partial charge in [-0.3, -0.25) is 4.79 Å². The average molecular weight is 300 g/mol. The lowest BCUT2D eigenvalue weighted by molar-refractivity contribution is 0.0997. The summed E-state index contributed by atoms with van der Waals surface area (Å²) in [4.78, 5) is 11.0. The standard InChI is InChI=1S/C17H20N2O3/c18-11-13-5-2-1-4-12(13)6-3-9-22-14-7-8-15(17(19)21)16(20)10-14/h1-2,4-5,7-8,10,20H,3,6,9,11,18H2,(H2,19,21). The highest BCUT2D eigenvalue weighted by atomic mass is 16.5. The number of rotatable bonds is 7. The Morgan fingerprint density at radius 3 is 2.50 bits per heavy atom. The van der Waals surface area contributed by atoms with Gasteiger partial charge in [-0.2, -0.15) is 0 Å². The van der Waals surface area contributed by atoms with E-state index in [1.54, 1.807) is 6.07 Å². The second kappa shape index (κ2) is 7.47. The molecule has 0 radical (unpaired) electrons. The van der Waals surface area contributed by atoms with Crippen molar-refractivity contribution in [3.8, 4) is 11.5 Å². The number of hydrogen-bond donors (Lipinski definition) is 3. The van der Waals surface area contributed by atoms with Crippen molar-refractivity contribution in [3.05, 3.63) is 59.2 Å². The van der Waals surface area contributed by atoms with Gasteiger partial charge in [-0.1, -0.05) is 24.3 Å². The molecule has 0 saturated heterocycles. The third-order valence-corrected chi connectivity index (χ3v) is 3.43. The minimum absolute atomic E-state index is 0.0872. The van der Waals surface area contributed by atoms with E-state index in [1.165, 1.54) is 17.7 Å². The van der Waals surface area contributed by atoms with Gasteiger partial charge in [0, 0.05) is 12.6 Å². The predicted octanol–water partition coefficient (Wildman–Crippen LogP) is 1.96. The molecule has 22 heavy (non-hydrogen) atoms. The minimum Gasteiger partial charge on any atom is -0.507 e. The number of phenols is 1. The number of ether oxygens (including phenoxy) is 1. The lowest BCUT2D eigenvalue weighted by Gasteiger charge is -2.10. The Hall–Kier alpha value is -2.53. The summed E-state index contributed by atoms with van der Waals surface area (Å²) in [7, 11) is 0. The third-order valence-electron chi connectivity index (χ3n) is 3.43. The van der Waals surface area contributed by atoms with E-state index in [0.29, 0.717) is 18.9 Å². The number of aromatic hydroxyl groups is 1. The molecule has 0 atom stereocenters. The van der Waals surface area contributed by atoms with Crippen LogP contribution in [0.3, 0.4) is 0 Å². The Labute approximate surface area is 129 Å². The summed E-state index contributed by atoms with van der Waals surface area (Å²) in [6.45, 7) is 1.04. The van der Waals surface area contributed by atoms with Crippen LogP contribution in [0.2, 0.25) is 0 Å². The molecule has 0 aromatic heterocycles. The van der Waals surface area contributed by atoms with Crippen LogP contribution in [0.1, 0.15) is 27.9 Å². The first-order valence-corrected chi connectivity index (χ1v) is 7.14. The molecule has 0 unspecified atom stereocenters. The van der Waals surface area contributed by atoms with E-state index in [-0.39, 0.29) is 11.3 Å². The second-order valence-corrected chi connectivity index (χ2v) is 4.97. The fourth-order valence-corrected chi connectivity index (χ4v) is 2.26. The highest BCUT2D eigenvalue weighted by Gasteiger charge is 2.08. The molecule has 0 bridgehead atoms. The van der Waals surface area contributed by atoms with Crippen LogP contribution < -0.4 is 16.2 Å². The zero-order valence-electron chi connectivity index (χ0n) is 12.3. The zero-order valence-corrected chi connectivity index (χ0v) is 12.3. The molecule has 2 rings (SSSR count). The van der Waals surface area contributed by atoms with Crippen LogP contribution in [0.4, 0.5) is 0 Å². The first-order chi connectivity index (χ1) is 10.6. The molecule has 0 saturated carbocycles. The van der Waals surface area contributed by atoms with Gasteiger partial charge in [-0.15, -0.1) is 0 Å². The van der Waals surface area contributed by atoms with E-state index in [4.69, 9.17) is 16.2 Å². The van der Waals surface area contributed by atoms with Gasteiger partial charge in [-0.25, -0.2) is 0 Å². The highest BCUT2D eigenvalue weighted by molar-refractivity contribution is 5.95. The summed E-state index contributed by atoms with van der Waals surface area (Å²) >= 11 is 0. The number of amides is 1. The Kier molecular flexibility index (Phi) is 5.38. The number of carbonyl (C=O) groups is 1. The van der Waals surface area contributed by atoms with Gasteiger partial charge in [0.15, 0.2) is 0 Å². The van der Waals surface area contributed by atoms with Crippen LogP contribution in [0.5, 0.6) is 11.5 Å². The molecule has 5 heteroatoms. The van der Waals surface area contributed by atoms with E-state index >= 15 is 0 Å². The molecule has 5 nitrogen and oxygen atoms in total. The molecular formula is C17H20N2O3. The number of carbonyl (C=O) groups excluding carboxylic acids is 1. The normalized spacial score (nSPS) is 10.4. The number of nitrogens with two attached hydrogens (primary N) is 2. The van der Waals surface area contributed by atoms with Crippen molar-refractivity contribution in [1.29, 1.82) is 0 Å². The quantitative estimate of drug-likeness (QED) is 0.681. The number of benzene rings is 2. The maximum Gasteiger partial charge on any atom is 0.252 e. The van der Waals surface area contributed by atoms with Crippen molar-refractivity contribution in [2.75, 3.05) is 6.61 Å². The first-order valence-electron chi connectivity index (χ1n) is 7.14. The molecule has 2 aromatic rings. The summed E-state index contributed by atoms with van der Waals surface area (Å²) in [5.41, 5.74) is 13.3. The van der Waals surface area contributed by atoms with Crippen molar-refractivity contribution >= 4 is 5.91 Å². The summed E-state index contributed by atoms with van der Waals surface area (Å²) in [5, 5.41) is 9.67. The molecular weight excluding hydrogens is 280 g/mol. The van der Waals surface area contributed by atoms with Crippen LogP contribution in [0, 0.1) is 0 Å². The molecule has 116 valence electrons. The minimum atomic E-state index is -0.664. The van der Waals surface area contributed by atoms with Crippen LogP contribution in [-0.2, 0) is 13.0 Å². The fraction of sp³-hybridized carbons (Fsp3) is 0.235. The Balaban J connectivity index is 1.86. The summed E-state index contributed by atoms with van der Waals surface area (Å²) in [5.74, 6) is -0.324. The van der Waals surface area contributed by atoms with E-state index in [9.17, 15) is 9.90 Å². The van der Waals surface area contributed by atoms with Gasteiger partial charge in [0.1, 0.15) is 11.5 Å². The Morgan fingerprint density at radius 1 is 1.14 bits per heavy atom. The lowest BCUT2D eigenvalue weighted by Crippen LogP contribution is -2.11. The van der Waals surface area contributed by atoms with Gasteiger partial charge in [0.2, 0.25) is 0 Å².